The molecule has 178 valence electrons. The number of nitrogens with two attached hydrogens (primary N) is 1. The quantitative estimate of drug-likeness (QED) is 0.301. The van der Waals surface area contributed by atoms with Gasteiger partial charge in [-0.05, 0) is 51.7 Å². The van der Waals surface area contributed by atoms with Crippen LogP contribution < -0.4 is 11.1 Å². The van der Waals surface area contributed by atoms with Gasteiger partial charge in [0.05, 0.1) is 11.5 Å². The van der Waals surface area contributed by atoms with Crippen molar-refractivity contribution in [1.29, 1.82) is 0 Å². The molecule has 1 aliphatic rings. The minimum atomic E-state index is -0.886. The van der Waals surface area contributed by atoms with E-state index >= 15 is 0 Å². The van der Waals surface area contributed by atoms with Gasteiger partial charge in [0.1, 0.15) is 5.84 Å². The summed E-state index contributed by atoms with van der Waals surface area (Å²) in [5, 5.41) is 12.0. The average Bonchev–Trinajstić information content (AvgIpc) is 2.78. The van der Waals surface area contributed by atoms with Gasteiger partial charge in [0.25, 0.3) is 5.91 Å². The molecule has 8 nitrogen and oxygen atoms in total. The van der Waals surface area contributed by atoms with Crippen molar-refractivity contribution in [2.75, 3.05) is 13.1 Å². The molecule has 1 unspecified atom stereocenters. The first-order valence-corrected chi connectivity index (χ1v) is 11.1. The molecule has 4 N–H and O–H groups in total. The molecule has 1 atom stereocenters. The summed E-state index contributed by atoms with van der Waals surface area (Å²) in [4.78, 5) is 42.9. The molecule has 2 amide bonds. The normalized spacial score (nSPS) is 16.5. The number of aliphatic imine (C=N–C) groups is 1. The Bertz CT molecular complexity index is 926. The zero-order valence-electron chi connectivity index (χ0n) is 19.6. The standard InChI is InChI=1S/C25H34N4O4/c1-5-7-20(28-23(32)19-10-8-18(9-11-19)22(26)27-6-2)25(3,4)24(33)29-14-12-17(13-15-29)16-21(30)31/h5-11,17,20H,2,12-16H2,1,3-4H3,(H2,26,27)(H,28,32)(H,30,31)/b7-5+. The fourth-order valence-corrected chi connectivity index (χ4v) is 3.98. The van der Waals surface area contributed by atoms with Gasteiger partial charge in [-0.25, -0.2) is 4.99 Å². The lowest BCUT2D eigenvalue weighted by atomic mass is 9.81. The monoisotopic (exact) mass is 454 g/mol. The second kappa shape index (κ2) is 11.4. The van der Waals surface area contributed by atoms with E-state index in [1.54, 1.807) is 29.2 Å². The summed E-state index contributed by atoms with van der Waals surface area (Å²) in [5.74, 6) is -0.773. The second-order valence-electron chi connectivity index (χ2n) is 8.81. The lowest BCUT2D eigenvalue weighted by molar-refractivity contribution is -0.143. The number of rotatable bonds is 9. The van der Waals surface area contributed by atoms with Crippen LogP contribution in [0, 0.1) is 11.3 Å². The van der Waals surface area contributed by atoms with Crippen molar-refractivity contribution in [1.82, 2.24) is 10.2 Å². The summed E-state index contributed by atoms with van der Waals surface area (Å²) in [6, 6.07) is 6.21. The van der Waals surface area contributed by atoms with E-state index in [0.717, 1.165) is 0 Å². The number of nitrogens with zero attached hydrogens (tertiary/aromatic N) is 2. The van der Waals surface area contributed by atoms with Crippen LogP contribution in [0.25, 0.3) is 0 Å². The number of aliphatic carboxylic acids is 1. The van der Waals surface area contributed by atoms with Gasteiger partial charge >= 0.3 is 5.97 Å². The van der Waals surface area contributed by atoms with Crippen molar-refractivity contribution >= 4 is 23.6 Å². The Morgan fingerprint density at radius 1 is 1.24 bits per heavy atom. The predicted molar refractivity (Wildman–Crippen MR) is 129 cm³/mol. The van der Waals surface area contributed by atoms with E-state index in [0.29, 0.717) is 42.9 Å². The van der Waals surface area contributed by atoms with E-state index in [4.69, 9.17) is 10.8 Å². The van der Waals surface area contributed by atoms with Crippen molar-refractivity contribution in [2.45, 2.75) is 46.1 Å². The van der Waals surface area contributed by atoms with Crippen LogP contribution in [-0.4, -0.2) is 52.8 Å². The summed E-state index contributed by atoms with van der Waals surface area (Å²) >= 11 is 0. The van der Waals surface area contributed by atoms with Gasteiger partial charge in [-0.2, -0.15) is 0 Å². The van der Waals surface area contributed by atoms with E-state index in [1.807, 2.05) is 32.9 Å². The average molecular weight is 455 g/mol. The maximum atomic E-state index is 13.4. The van der Waals surface area contributed by atoms with Crippen molar-refractivity contribution in [3.8, 4) is 0 Å². The SMILES string of the molecule is C=CN=C(N)c1ccc(C(=O)NC(/C=C/C)C(C)(C)C(=O)N2CCC(CC(=O)O)CC2)cc1. The summed E-state index contributed by atoms with van der Waals surface area (Å²) in [6.07, 6.45) is 6.45. The van der Waals surface area contributed by atoms with Crippen LogP contribution in [0.4, 0.5) is 0 Å². The summed E-state index contributed by atoms with van der Waals surface area (Å²) < 4.78 is 0. The van der Waals surface area contributed by atoms with E-state index in [-0.39, 0.29) is 24.2 Å². The van der Waals surface area contributed by atoms with Gasteiger partial charge in [0, 0.05) is 36.8 Å². The molecule has 0 aliphatic carbocycles. The maximum Gasteiger partial charge on any atom is 0.303 e. The number of hydrogen-bond acceptors (Lipinski definition) is 4. The first kappa shape index (κ1) is 25.8. The molecule has 0 radical (unpaired) electrons. The number of hydrogen-bond donors (Lipinski definition) is 3. The molecular formula is C25H34N4O4. The van der Waals surface area contributed by atoms with Gasteiger partial charge in [-0.1, -0.05) is 30.9 Å². The second-order valence-corrected chi connectivity index (χ2v) is 8.81. The topological polar surface area (TPSA) is 125 Å². The third-order valence-electron chi connectivity index (χ3n) is 6.04. The molecule has 1 saturated heterocycles. The van der Waals surface area contributed by atoms with Crippen molar-refractivity contribution in [3.63, 3.8) is 0 Å². The number of carboxylic acids is 1. The minimum absolute atomic E-state index is 0.0663. The molecule has 8 heteroatoms. The lowest BCUT2D eigenvalue weighted by Crippen LogP contribution is -2.54. The number of benzene rings is 1. The number of piperidine rings is 1. The summed E-state index contributed by atoms with van der Waals surface area (Å²) in [7, 11) is 0. The molecule has 0 bridgehead atoms. The van der Waals surface area contributed by atoms with E-state index in [1.165, 1.54) is 6.20 Å². The third-order valence-corrected chi connectivity index (χ3v) is 6.04. The lowest BCUT2D eigenvalue weighted by Gasteiger charge is -2.39. The molecule has 1 aliphatic heterocycles. The fraction of sp³-hybridized carbons (Fsp3) is 0.440. The van der Waals surface area contributed by atoms with Crippen LogP contribution in [0.2, 0.25) is 0 Å². The van der Waals surface area contributed by atoms with Crippen molar-refractivity contribution < 1.29 is 19.5 Å². The van der Waals surface area contributed by atoms with Crippen LogP contribution >= 0.6 is 0 Å². The summed E-state index contributed by atoms with van der Waals surface area (Å²) in [6.45, 7) is 10.0. The Morgan fingerprint density at radius 2 is 1.82 bits per heavy atom. The van der Waals surface area contributed by atoms with Gasteiger partial charge in [-0.15, -0.1) is 0 Å². The molecule has 2 rings (SSSR count). The smallest absolute Gasteiger partial charge is 0.303 e. The number of carbonyl (C=O) groups is 3. The molecule has 1 aromatic carbocycles. The zero-order chi connectivity index (χ0) is 24.6. The largest absolute Gasteiger partial charge is 0.481 e. The van der Waals surface area contributed by atoms with Crippen LogP contribution in [0.5, 0.6) is 0 Å². The number of carbonyl (C=O) groups excluding carboxylic acids is 2. The first-order chi connectivity index (χ1) is 15.6. The Labute approximate surface area is 195 Å². The molecule has 1 heterocycles. The Morgan fingerprint density at radius 3 is 2.33 bits per heavy atom. The number of allylic oxidation sites excluding steroid dienone is 1. The fourth-order valence-electron chi connectivity index (χ4n) is 3.98. The number of carboxylic acid groups (broad SMARTS) is 1. The van der Waals surface area contributed by atoms with Crippen LogP contribution in [0.15, 0.2) is 54.2 Å². The highest BCUT2D eigenvalue weighted by Crippen LogP contribution is 2.29. The zero-order valence-corrected chi connectivity index (χ0v) is 19.6. The Balaban J connectivity index is 2.10. The summed E-state index contributed by atoms with van der Waals surface area (Å²) in [5.41, 5.74) is 6.08. The predicted octanol–water partition coefficient (Wildman–Crippen LogP) is 2.95. The highest BCUT2D eigenvalue weighted by Gasteiger charge is 2.40. The number of likely N-dealkylation sites (tertiary alicyclic amines) is 1. The molecule has 1 aromatic rings. The van der Waals surface area contributed by atoms with Gasteiger partial charge in [0.2, 0.25) is 5.91 Å². The Hall–Kier alpha value is -3.42. The van der Waals surface area contributed by atoms with Gasteiger partial charge in [-0.3, -0.25) is 14.4 Å². The minimum Gasteiger partial charge on any atom is -0.481 e. The van der Waals surface area contributed by atoms with Crippen LogP contribution in [0.3, 0.4) is 0 Å². The first-order valence-electron chi connectivity index (χ1n) is 11.1. The molecule has 0 spiro atoms. The maximum absolute atomic E-state index is 13.4. The molecular weight excluding hydrogens is 420 g/mol. The number of nitrogens with one attached hydrogen (secondary N) is 1. The Kier molecular flexibility index (Phi) is 8.96. The molecule has 0 saturated carbocycles. The number of amidine groups is 1. The van der Waals surface area contributed by atoms with Crippen molar-refractivity contribution in [2.24, 2.45) is 22.1 Å². The van der Waals surface area contributed by atoms with E-state index < -0.39 is 17.4 Å². The third kappa shape index (κ3) is 6.78. The van der Waals surface area contributed by atoms with Gasteiger partial charge < -0.3 is 21.1 Å². The van der Waals surface area contributed by atoms with E-state index in [9.17, 15) is 14.4 Å². The van der Waals surface area contributed by atoms with Crippen LogP contribution in [-0.2, 0) is 9.59 Å². The van der Waals surface area contributed by atoms with Crippen LogP contribution in [0.1, 0.15) is 56.0 Å². The molecule has 1 fully saturated rings. The van der Waals surface area contributed by atoms with E-state index in [2.05, 4.69) is 16.9 Å². The number of amides is 2. The molecule has 33 heavy (non-hydrogen) atoms. The molecule has 0 aromatic heterocycles. The van der Waals surface area contributed by atoms with Crippen molar-refractivity contribution in [3.05, 3.63) is 60.3 Å². The van der Waals surface area contributed by atoms with Gasteiger partial charge in [0.15, 0.2) is 0 Å². The highest BCUT2D eigenvalue weighted by atomic mass is 16.4. The highest BCUT2D eigenvalue weighted by molar-refractivity contribution is 6.00.